The maximum Gasteiger partial charge on any atom is 0.325 e. The normalized spacial score (nSPS) is 25.2. The third-order valence-electron chi connectivity index (χ3n) is 7.48. The number of carbonyl (C=O) groups excluding carboxylic acids is 3. The molecule has 1 N–H and O–H groups in total. The van der Waals surface area contributed by atoms with Gasteiger partial charge in [-0.3, -0.25) is 14.5 Å². The monoisotopic (exact) mass is 470 g/mol. The number of hydrogen-bond donors (Lipinski definition) is 1. The summed E-state index contributed by atoms with van der Waals surface area (Å²) >= 11 is 0. The Labute approximate surface area is 202 Å². The number of rotatable bonds is 10. The predicted molar refractivity (Wildman–Crippen MR) is 129 cm³/mol. The topological polar surface area (TPSA) is 82.2 Å². The van der Waals surface area contributed by atoms with E-state index in [-0.39, 0.29) is 24.8 Å². The maximum atomic E-state index is 13.4. The first-order valence-electron chi connectivity index (χ1n) is 12.7. The van der Waals surface area contributed by atoms with Gasteiger partial charge in [0.25, 0.3) is 5.91 Å². The molecule has 0 saturated carbocycles. The van der Waals surface area contributed by atoms with Crippen LogP contribution in [0.5, 0.6) is 0 Å². The number of piperidine rings is 2. The smallest absolute Gasteiger partial charge is 0.325 e. The number of benzene rings is 1. The van der Waals surface area contributed by atoms with Crippen molar-refractivity contribution >= 4 is 17.8 Å². The van der Waals surface area contributed by atoms with E-state index in [1.165, 1.54) is 43.7 Å². The van der Waals surface area contributed by atoms with Crippen molar-refractivity contribution in [2.75, 3.05) is 39.9 Å². The van der Waals surface area contributed by atoms with Crippen molar-refractivity contribution in [1.29, 1.82) is 0 Å². The lowest BCUT2D eigenvalue weighted by Crippen LogP contribution is -2.52. The summed E-state index contributed by atoms with van der Waals surface area (Å²) in [4.78, 5) is 44.6. The second-order valence-corrected chi connectivity index (χ2v) is 9.80. The summed E-state index contributed by atoms with van der Waals surface area (Å²) in [5.74, 6) is 0.0726. The van der Waals surface area contributed by atoms with E-state index < -0.39 is 12.1 Å². The lowest BCUT2D eigenvalue weighted by molar-refractivity contribution is -0.137. The van der Waals surface area contributed by atoms with Gasteiger partial charge in [-0.2, -0.15) is 0 Å². The van der Waals surface area contributed by atoms with Crippen molar-refractivity contribution in [3.63, 3.8) is 0 Å². The highest BCUT2D eigenvalue weighted by Crippen LogP contribution is 2.31. The van der Waals surface area contributed by atoms with Gasteiger partial charge in [-0.25, -0.2) is 4.79 Å². The van der Waals surface area contributed by atoms with E-state index in [9.17, 15) is 14.4 Å². The number of imide groups is 1. The number of amides is 4. The fourth-order valence-electron chi connectivity index (χ4n) is 5.73. The van der Waals surface area contributed by atoms with E-state index in [2.05, 4.69) is 10.2 Å². The van der Waals surface area contributed by atoms with Crippen molar-refractivity contribution in [2.45, 2.75) is 63.6 Å². The van der Waals surface area contributed by atoms with E-state index in [0.29, 0.717) is 31.7 Å². The van der Waals surface area contributed by atoms with Gasteiger partial charge in [-0.1, -0.05) is 36.8 Å². The van der Waals surface area contributed by atoms with Crippen molar-refractivity contribution in [2.24, 2.45) is 5.92 Å². The van der Waals surface area contributed by atoms with Crippen molar-refractivity contribution < 1.29 is 19.1 Å². The van der Waals surface area contributed by atoms with Gasteiger partial charge in [0.15, 0.2) is 0 Å². The van der Waals surface area contributed by atoms with Crippen molar-refractivity contribution in [3.05, 3.63) is 35.9 Å². The lowest BCUT2D eigenvalue weighted by Gasteiger charge is -2.45. The quantitative estimate of drug-likeness (QED) is 0.420. The summed E-state index contributed by atoms with van der Waals surface area (Å²) in [5, 5.41) is 2.73. The van der Waals surface area contributed by atoms with Gasteiger partial charge in [0.1, 0.15) is 6.04 Å². The second kappa shape index (κ2) is 11.8. The number of nitrogens with one attached hydrogen (secondary N) is 1. The van der Waals surface area contributed by atoms with Crippen LogP contribution < -0.4 is 5.32 Å². The van der Waals surface area contributed by atoms with E-state index in [4.69, 9.17) is 4.74 Å². The summed E-state index contributed by atoms with van der Waals surface area (Å²) in [6.45, 7) is 4.46. The van der Waals surface area contributed by atoms with Crippen molar-refractivity contribution in [3.8, 4) is 0 Å². The van der Waals surface area contributed by atoms with Gasteiger partial charge in [0, 0.05) is 32.8 Å². The minimum atomic E-state index is -0.800. The largest absolute Gasteiger partial charge is 0.385 e. The molecule has 3 aliphatic heterocycles. The molecule has 3 heterocycles. The van der Waals surface area contributed by atoms with Gasteiger partial charge in [-0.05, 0) is 56.7 Å². The highest BCUT2D eigenvalue weighted by Gasteiger charge is 2.40. The minimum Gasteiger partial charge on any atom is -0.385 e. The Bertz CT molecular complexity index is 846. The molecule has 186 valence electrons. The zero-order valence-electron chi connectivity index (χ0n) is 20.3. The molecule has 34 heavy (non-hydrogen) atoms. The molecule has 0 radical (unpaired) electrons. The van der Waals surface area contributed by atoms with Gasteiger partial charge in [0.05, 0.1) is 13.0 Å². The van der Waals surface area contributed by atoms with Crippen LogP contribution in [0.3, 0.4) is 0 Å². The highest BCUT2D eigenvalue weighted by molar-refractivity contribution is 6.05. The first-order chi connectivity index (χ1) is 16.6. The van der Waals surface area contributed by atoms with Gasteiger partial charge in [-0.15, -0.1) is 0 Å². The Hall–Kier alpha value is -2.45. The molecule has 0 aromatic heterocycles. The molecule has 8 nitrogen and oxygen atoms in total. The van der Waals surface area contributed by atoms with Crippen LogP contribution in [0.15, 0.2) is 30.3 Å². The molecule has 3 saturated heterocycles. The van der Waals surface area contributed by atoms with Crippen LogP contribution in [-0.2, 0) is 20.9 Å². The van der Waals surface area contributed by atoms with Gasteiger partial charge < -0.3 is 19.9 Å². The molecule has 0 bridgehead atoms. The summed E-state index contributed by atoms with van der Waals surface area (Å²) in [7, 11) is 1.67. The Morgan fingerprint density at radius 2 is 1.91 bits per heavy atom. The average molecular weight is 471 g/mol. The number of hydrogen-bond acceptors (Lipinski definition) is 5. The third kappa shape index (κ3) is 5.96. The number of carbonyl (C=O) groups is 3. The second-order valence-electron chi connectivity index (χ2n) is 9.80. The lowest BCUT2D eigenvalue weighted by atomic mass is 9.83. The zero-order chi connectivity index (χ0) is 23.9. The van der Waals surface area contributed by atoms with E-state index in [0.717, 1.165) is 18.4 Å². The summed E-state index contributed by atoms with van der Waals surface area (Å²) < 4.78 is 5.22. The SMILES string of the molecule is COCCCN(C[C@@H]1CCCN2CCCC[C@H]12)C(=O)C[C@@H]1NC(=O)N(Cc2ccccc2)C1=O. The molecule has 3 fully saturated rings. The Morgan fingerprint density at radius 1 is 1.12 bits per heavy atom. The van der Waals surface area contributed by atoms with E-state index >= 15 is 0 Å². The third-order valence-corrected chi connectivity index (χ3v) is 7.48. The number of urea groups is 1. The van der Waals surface area contributed by atoms with Crippen molar-refractivity contribution in [1.82, 2.24) is 20.0 Å². The molecule has 0 unspecified atom stereocenters. The molecule has 8 heteroatoms. The molecular formula is C26H38N4O4. The Kier molecular flexibility index (Phi) is 8.56. The number of nitrogens with zero attached hydrogens (tertiary/aromatic N) is 3. The minimum absolute atomic E-state index is 0.00391. The summed E-state index contributed by atoms with van der Waals surface area (Å²) in [6, 6.07) is 8.75. The molecule has 3 aliphatic rings. The molecule has 0 spiro atoms. The first-order valence-corrected chi connectivity index (χ1v) is 12.7. The van der Waals surface area contributed by atoms with Crippen LogP contribution in [0, 0.1) is 5.92 Å². The summed E-state index contributed by atoms with van der Waals surface area (Å²) in [6.07, 6.45) is 6.80. The zero-order valence-corrected chi connectivity index (χ0v) is 20.3. The number of ether oxygens (including phenoxy) is 1. The van der Waals surface area contributed by atoms with Crippen LogP contribution in [-0.4, -0.2) is 84.5 Å². The molecule has 1 aromatic carbocycles. The van der Waals surface area contributed by atoms with E-state index in [1.54, 1.807) is 7.11 Å². The molecule has 4 amide bonds. The van der Waals surface area contributed by atoms with Gasteiger partial charge in [0.2, 0.25) is 5.91 Å². The van der Waals surface area contributed by atoms with Gasteiger partial charge >= 0.3 is 6.03 Å². The Morgan fingerprint density at radius 3 is 2.71 bits per heavy atom. The molecular weight excluding hydrogens is 432 g/mol. The molecule has 3 atom stereocenters. The average Bonchev–Trinajstić information content (AvgIpc) is 3.11. The highest BCUT2D eigenvalue weighted by atomic mass is 16.5. The standard InChI is InChI=1S/C26H38N4O4/c1-34-16-8-15-29(19-21-11-7-14-28-13-6-5-12-23(21)28)24(31)17-22-25(32)30(26(33)27-22)18-20-9-3-2-4-10-20/h2-4,9-10,21-23H,5-8,11-19H2,1H3,(H,27,33)/t21-,22-,23+/m0/s1. The van der Waals surface area contributed by atoms with Crippen LogP contribution in [0.2, 0.25) is 0 Å². The fourth-order valence-corrected chi connectivity index (χ4v) is 5.73. The summed E-state index contributed by atoms with van der Waals surface area (Å²) in [5.41, 5.74) is 0.883. The number of methoxy groups -OCH3 is 1. The maximum absolute atomic E-state index is 13.4. The fraction of sp³-hybridized carbons (Fsp3) is 0.654. The van der Waals surface area contributed by atoms with E-state index in [1.807, 2.05) is 35.2 Å². The van der Waals surface area contributed by atoms with Crippen LogP contribution >= 0.6 is 0 Å². The van der Waals surface area contributed by atoms with Crippen LogP contribution in [0.1, 0.15) is 50.5 Å². The van der Waals surface area contributed by atoms with Crippen LogP contribution in [0.25, 0.3) is 0 Å². The number of fused-ring (bicyclic) bond motifs is 1. The first kappa shape index (κ1) is 24.7. The van der Waals surface area contributed by atoms with Crippen LogP contribution in [0.4, 0.5) is 4.79 Å². The molecule has 4 rings (SSSR count). The predicted octanol–water partition coefficient (Wildman–Crippen LogP) is 2.63. The Balaban J connectivity index is 1.39. The molecule has 0 aliphatic carbocycles. The molecule has 1 aromatic rings.